The summed E-state index contributed by atoms with van der Waals surface area (Å²) in [5.74, 6) is -0.336. The predicted molar refractivity (Wildman–Crippen MR) is 79.3 cm³/mol. The number of amides is 1. The van der Waals surface area contributed by atoms with Gasteiger partial charge in [0.15, 0.2) is 0 Å². The van der Waals surface area contributed by atoms with Gasteiger partial charge in [0.05, 0.1) is 6.61 Å². The molecular weight excluding hydrogens is 254 g/mol. The summed E-state index contributed by atoms with van der Waals surface area (Å²) in [5, 5.41) is 2.62. The maximum absolute atomic E-state index is 11.6. The Labute approximate surface area is 122 Å². The Balaban J connectivity index is 1.90. The summed E-state index contributed by atoms with van der Waals surface area (Å²) in [6.45, 7) is 2.66. The summed E-state index contributed by atoms with van der Waals surface area (Å²) < 4.78 is 5.16. The zero-order chi connectivity index (χ0) is 14.6. The van der Waals surface area contributed by atoms with Gasteiger partial charge in [-0.1, -0.05) is 31.9 Å². The Hall–Kier alpha value is -1.32. The van der Waals surface area contributed by atoms with Gasteiger partial charge < -0.3 is 10.1 Å². The fourth-order valence-corrected chi connectivity index (χ4v) is 2.16. The number of carbonyl (C=O) groups is 2. The van der Waals surface area contributed by atoms with E-state index in [1.807, 2.05) is 0 Å². The molecule has 1 rings (SSSR count). The SMILES string of the molecule is CCCC/C=C/CCCCCOC(=O)[C@@H]1CCC(=O)N1. The standard InChI is InChI=1S/C16H27NO3/c1-2-3-4-5-6-7-8-9-10-13-20-16(19)14-11-12-15(18)17-14/h5-6,14H,2-4,7-13H2,1H3,(H,17,18)/b6-5+/t14-/m0/s1. The van der Waals surface area contributed by atoms with Crippen molar-refractivity contribution < 1.29 is 14.3 Å². The number of allylic oxidation sites excluding steroid dienone is 2. The number of carbonyl (C=O) groups excluding carboxylic acids is 2. The number of ether oxygens (including phenoxy) is 1. The first-order valence-corrected chi connectivity index (χ1v) is 7.85. The van der Waals surface area contributed by atoms with E-state index in [1.165, 1.54) is 19.3 Å². The van der Waals surface area contributed by atoms with E-state index in [2.05, 4.69) is 24.4 Å². The highest BCUT2D eigenvalue weighted by Crippen LogP contribution is 2.09. The van der Waals surface area contributed by atoms with Crippen molar-refractivity contribution in [2.75, 3.05) is 6.61 Å². The summed E-state index contributed by atoms with van der Waals surface area (Å²) >= 11 is 0. The van der Waals surface area contributed by atoms with Crippen LogP contribution < -0.4 is 5.32 Å². The smallest absolute Gasteiger partial charge is 0.328 e. The highest BCUT2D eigenvalue weighted by atomic mass is 16.5. The van der Waals surface area contributed by atoms with Crippen molar-refractivity contribution in [2.24, 2.45) is 0 Å². The quantitative estimate of drug-likeness (QED) is 0.380. The number of rotatable bonds is 10. The lowest BCUT2D eigenvalue weighted by atomic mass is 10.1. The Morgan fingerprint density at radius 2 is 2.00 bits per heavy atom. The molecule has 0 bridgehead atoms. The average Bonchev–Trinajstić information content (AvgIpc) is 2.87. The van der Waals surface area contributed by atoms with Gasteiger partial charge in [-0.3, -0.25) is 4.79 Å². The minimum atomic E-state index is -0.413. The molecular formula is C16H27NO3. The molecule has 0 spiro atoms. The van der Waals surface area contributed by atoms with Crippen LogP contribution in [0.3, 0.4) is 0 Å². The van der Waals surface area contributed by atoms with Gasteiger partial charge in [-0.2, -0.15) is 0 Å². The van der Waals surface area contributed by atoms with Crippen molar-refractivity contribution in [1.29, 1.82) is 0 Å². The van der Waals surface area contributed by atoms with Crippen LogP contribution in [0.25, 0.3) is 0 Å². The van der Waals surface area contributed by atoms with E-state index in [1.54, 1.807) is 0 Å². The van der Waals surface area contributed by atoms with Crippen molar-refractivity contribution >= 4 is 11.9 Å². The van der Waals surface area contributed by atoms with Crippen molar-refractivity contribution in [1.82, 2.24) is 5.32 Å². The number of hydrogen-bond acceptors (Lipinski definition) is 3. The van der Waals surface area contributed by atoms with Gasteiger partial charge in [0.1, 0.15) is 6.04 Å². The molecule has 20 heavy (non-hydrogen) atoms. The van der Waals surface area contributed by atoms with E-state index in [4.69, 9.17) is 4.74 Å². The van der Waals surface area contributed by atoms with E-state index >= 15 is 0 Å². The van der Waals surface area contributed by atoms with Crippen LogP contribution in [0.4, 0.5) is 0 Å². The molecule has 1 saturated heterocycles. The van der Waals surface area contributed by atoms with E-state index < -0.39 is 6.04 Å². The molecule has 1 heterocycles. The highest BCUT2D eigenvalue weighted by molar-refractivity contribution is 5.87. The van der Waals surface area contributed by atoms with Crippen LogP contribution in [0.5, 0.6) is 0 Å². The molecule has 4 heteroatoms. The normalized spacial score (nSPS) is 18.4. The first kappa shape index (κ1) is 16.7. The molecule has 0 radical (unpaired) electrons. The molecule has 1 aliphatic heterocycles. The fraction of sp³-hybridized carbons (Fsp3) is 0.750. The monoisotopic (exact) mass is 281 g/mol. The Bertz CT molecular complexity index is 326. The van der Waals surface area contributed by atoms with E-state index in [0.717, 1.165) is 25.7 Å². The maximum Gasteiger partial charge on any atom is 0.328 e. The molecule has 1 atom stereocenters. The second-order valence-electron chi connectivity index (χ2n) is 5.29. The highest BCUT2D eigenvalue weighted by Gasteiger charge is 2.28. The van der Waals surface area contributed by atoms with Gasteiger partial charge >= 0.3 is 5.97 Å². The first-order chi connectivity index (χ1) is 9.74. The summed E-state index contributed by atoms with van der Waals surface area (Å²) in [7, 11) is 0. The molecule has 114 valence electrons. The van der Waals surface area contributed by atoms with E-state index in [-0.39, 0.29) is 11.9 Å². The molecule has 0 aromatic heterocycles. The third-order valence-corrected chi connectivity index (χ3v) is 3.43. The number of unbranched alkanes of at least 4 members (excludes halogenated alkanes) is 5. The topological polar surface area (TPSA) is 55.4 Å². The number of hydrogen-bond donors (Lipinski definition) is 1. The van der Waals surface area contributed by atoms with Crippen LogP contribution in [-0.2, 0) is 14.3 Å². The second kappa shape index (κ2) is 10.5. The predicted octanol–water partition coefficient (Wildman–Crippen LogP) is 3.12. The minimum absolute atomic E-state index is 0.0539. The zero-order valence-electron chi connectivity index (χ0n) is 12.5. The van der Waals surface area contributed by atoms with Crippen LogP contribution in [-0.4, -0.2) is 24.5 Å². The van der Waals surface area contributed by atoms with Crippen molar-refractivity contribution in [3.05, 3.63) is 12.2 Å². The van der Waals surface area contributed by atoms with E-state index in [9.17, 15) is 9.59 Å². The van der Waals surface area contributed by atoms with Crippen LogP contribution in [0.1, 0.15) is 64.7 Å². The van der Waals surface area contributed by atoms with Crippen molar-refractivity contribution in [2.45, 2.75) is 70.8 Å². The summed E-state index contributed by atoms with van der Waals surface area (Å²) in [4.78, 5) is 22.6. The van der Waals surface area contributed by atoms with Gasteiger partial charge in [0.2, 0.25) is 5.91 Å². The summed E-state index contributed by atoms with van der Waals surface area (Å²) in [6, 6.07) is -0.413. The van der Waals surface area contributed by atoms with Crippen LogP contribution in [0.2, 0.25) is 0 Å². The summed E-state index contributed by atoms with van der Waals surface area (Å²) in [5.41, 5.74) is 0. The molecule has 0 aromatic carbocycles. The number of nitrogens with one attached hydrogen (secondary N) is 1. The molecule has 1 fully saturated rings. The van der Waals surface area contributed by atoms with E-state index in [0.29, 0.717) is 19.4 Å². The average molecular weight is 281 g/mol. The Kier molecular flexibility index (Phi) is 8.76. The molecule has 0 aliphatic carbocycles. The molecule has 1 aliphatic rings. The van der Waals surface area contributed by atoms with Gasteiger partial charge in [0, 0.05) is 6.42 Å². The van der Waals surface area contributed by atoms with Gasteiger partial charge in [-0.15, -0.1) is 0 Å². The molecule has 4 nitrogen and oxygen atoms in total. The van der Waals surface area contributed by atoms with Crippen LogP contribution >= 0.6 is 0 Å². The minimum Gasteiger partial charge on any atom is -0.464 e. The molecule has 1 amide bonds. The van der Waals surface area contributed by atoms with Gasteiger partial charge in [-0.25, -0.2) is 4.79 Å². The Morgan fingerprint density at radius 1 is 1.25 bits per heavy atom. The zero-order valence-corrected chi connectivity index (χ0v) is 12.5. The third kappa shape index (κ3) is 7.31. The maximum atomic E-state index is 11.6. The number of esters is 1. The molecule has 1 N–H and O–H groups in total. The fourth-order valence-electron chi connectivity index (χ4n) is 2.16. The lowest BCUT2D eigenvalue weighted by molar-refractivity contribution is -0.146. The van der Waals surface area contributed by atoms with Gasteiger partial charge in [0.25, 0.3) is 0 Å². The third-order valence-electron chi connectivity index (χ3n) is 3.43. The van der Waals surface area contributed by atoms with Crippen molar-refractivity contribution in [3.8, 4) is 0 Å². The Morgan fingerprint density at radius 3 is 2.65 bits per heavy atom. The molecule has 0 saturated carbocycles. The van der Waals surface area contributed by atoms with Crippen LogP contribution in [0, 0.1) is 0 Å². The molecule has 0 unspecified atom stereocenters. The second-order valence-corrected chi connectivity index (χ2v) is 5.29. The lowest BCUT2D eigenvalue weighted by Gasteiger charge is -2.09. The summed E-state index contributed by atoms with van der Waals surface area (Å²) in [6.07, 6.45) is 13.4. The van der Waals surface area contributed by atoms with Crippen LogP contribution in [0.15, 0.2) is 12.2 Å². The van der Waals surface area contributed by atoms with Crippen molar-refractivity contribution in [3.63, 3.8) is 0 Å². The largest absolute Gasteiger partial charge is 0.464 e. The lowest BCUT2D eigenvalue weighted by Crippen LogP contribution is -2.34. The molecule has 0 aromatic rings. The first-order valence-electron chi connectivity index (χ1n) is 7.85. The van der Waals surface area contributed by atoms with Gasteiger partial charge in [-0.05, 0) is 38.5 Å².